The fraction of sp³-hybridized carbons (Fsp3) is 1.00. The third-order valence-corrected chi connectivity index (χ3v) is 1.35. The summed E-state index contributed by atoms with van der Waals surface area (Å²) >= 11 is 0. The summed E-state index contributed by atoms with van der Waals surface area (Å²) in [5.74, 6) is 0. The summed E-state index contributed by atoms with van der Waals surface area (Å²) in [6.07, 6.45) is -0.387. The number of rotatable bonds is 2. The van der Waals surface area contributed by atoms with Crippen LogP contribution in [-0.4, -0.2) is 17.0 Å². The normalized spacial score (nSPS) is 15.0. The van der Waals surface area contributed by atoms with Gasteiger partial charge in [-0.2, -0.15) is 0 Å². The van der Waals surface area contributed by atoms with Crippen LogP contribution in [0.4, 0.5) is 0 Å². The summed E-state index contributed by atoms with van der Waals surface area (Å²) in [7, 11) is -2.56. The molecule has 0 saturated heterocycles. The molecular formula is C3H8NNa2O3P. The topological polar surface area (TPSA) is 92.4 Å². The molecule has 50 valence electrons. The van der Waals surface area contributed by atoms with Crippen LogP contribution >= 0.6 is 8.38 Å². The van der Waals surface area contributed by atoms with Gasteiger partial charge in [0.1, 0.15) is 5.72 Å². The third-order valence-electron chi connectivity index (χ3n) is 0.449. The standard InChI is InChI=1S/C3H8NO3P.2Na/c1-3(4,5)2-8(6)7;;/h5H,2,4H2,1H3;;/q-2;2*+1. The molecule has 0 aromatic carbocycles. The molecule has 3 N–H and O–H groups in total. The summed E-state index contributed by atoms with van der Waals surface area (Å²) < 4.78 is 0. The van der Waals surface area contributed by atoms with Crippen molar-refractivity contribution < 1.29 is 74.0 Å². The van der Waals surface area contributed by atoms with Gasteiger partial charge in [-0.3, -0.25) is 0 Å². The molecule has 4 nitrogen and oxygen atoms in total. The van der Waals surface area contributed by atoms with Gasteiger partial charge in [-0.1, -0.05) is 0 Å². The molecule has 0 spiro atoms. The zero-order chi connectivity index (χ0) is 6.78. The van der Waals surface area contributed by atoms with Gasteiger partial charge < -0.3 is 29.0 Å². The van der Waals surface area contributed by atoms with E-state index in [2.05, 4.69) is 0 Å². The van der Waals surface area contributed by atoms with Crippen molar-refractivity contribution in [3.05, 3.63) is 0 Å². The van der Waals surface area contributed by atoms with Crippen LogP contribution in [0.5, 0.6) is 0 Å². The second kappa shape index (κ2) is 7.90. The van der Waals surface area contributed by atoms with Crippen LogP contribution in [0.3, 0.4) is 0 Å². The molecule has 0 bridgehead atoms. The van der Waals surface area contributed by atoms with E-state index >= 15 is 0 Å². The Morgan fingerprint density at radius 3 is 1.80 bits per heavy atom. The molecule has 0 saturated carbocycles. The van der Waals surface area contributed by atoms with Crippen LogP contribution in [0.2, 0.25) is 0 Å². The van der Waals surface area contributed by atoms with Gasteiger partial charge in [0.05, 0.1) is 0 Å². The molecule has 0 amide bonds. The summed E-state index contributed by atoms with van der Waals surface area (Å²) in [4.78, 5) is 19.6. The van der Waals surface area contributed by atoms with Crippen molar-refractivity contribution in [3.8, 4) is 0 Å². The Morgan fingerprint density at radius 1 is 1.50 bits per heavy atom. The maximum absolute atomic E-state index is 9.81. The fourth-order valence-electron chi connectivity index (χ4n) is 0.261. The minimum Gasteiger partial charge on any atom is -0.841 e. The number of aliphatic hydroxyl groups is 1. The molecular weight excluding hydrogens is 175 g/mol. The van der Waals surface area contributed by atoms with E-state index in [1.807, 2.05) is 0 Å². The summed E-state index contributed by atoms with van der Waals surface area (Å²) in [6.45, 7) is 1.23. The maximum Gasteiger partial charge on any atom is 1.00 e. The Kier molecular flexibility index (Phi) is 14.3. The SMILES string of the molecule is CC(N)(O)CP([O-])[O-].[Na+].[Na+]. The van der Waals surface area contributed by atoms with Gasteiger partial charge in [0, 0.05) is 0 Å². The van der Waals surface area contributed by atoms with Gasteiger partial charge in [0.15, 0.2) is 0 Å². The first-order valence-electron chi connectivity index (χ1n) is 2.05. The van der Waals surface area contributed by atoms with E-state index in [9.17, 15) is 9.79 Å². The first-order valence-corrected chi connectivity index (χ1v) is 3.41. The summed E-state index contributed by atoms with van der Waals surface area (Å²) in [5, 5.41) is 8.58. The second-order valence-corrected chi connectivity index (χ2v) is 2.83. The Hall–Kier alpha value is 2.27. The van der Waals surface area contributed by atoms with Crippen LogP contribution in [-0.2, 0) is 0 Å². The Labute approximate surface area is 106 Å². The predicted molar refractivity (Wildman–Crippen MR) is 26.6 cm³/mol. The van der Waals surface area contributed by atoms with Gasteiger partial charge >= 0.3 is 59.1 Å². The van der Waals surface area contributed by atoms with E-state index in [-0.39, 0.29) is 65.3 Å². The molecule has 0 aliphatic rings. The predicted octanol–water partition coefficient (Wildman–Crippen LogP) is -8.31. The Morgan fingerprint density at radius 2 is 1.80 bits per heavy atom. The minimum atomic E-state index is -2.56. The Balaban J connectivity index is -0.000000245. The first kappa shape index (κ1) is 18.1. The van der Waals surface area contributed by atoms with E-state index in [4.69, 9.17) is 10.8 Å². The molecule has 0 radical (unpaired) electrons. The number of hydrogen-bond acceptors (Lipinski definition) is 4. The average molecular weight is 183 g/mol. The van der Waals surface area contributed by atoms with Crippen molar-refractivity contribution >= 4 is 8.38 Å². The number of nitrogens with two attached hydrogens (primary N) is 1. The molecule has 7 heteroatoms. The molecule has 0 aliphatic heterocycles. The van der Waals surface area contributed by atoms with Crippen molar-refractivity contribution in [2.24, 2.45) is 5.73 Å². The van der Waals surface area contributed by atoms with E-state index in [0.717, 1.165) is 0 Å². The number of hydrogen-bond donors (Lipinski definition) is 2. The van der Waals surface area contributed by atoms with Crippen LogP contribution in [0.1, 0.15) is 6.92 Å². The molecule has 1 atom stereocenters. The first-order chi connectivity index (χ1) is 3.42. The second-order valence-electron chi connectivity index (χ2n) is 1.85. The van der Waals surface area contributed by atoms with Crippen molar-refractivity contribution in [1.29, 1.82) is 0 Å². The van der Waals surface area contributed by atoms with Crippen LogP contribution in [0.15, 0.2) is 0 Å². The summed E-state index contributed by atoms with van der Waals surface area (Å²) in [6, 6.07) is 0. The van der Waals surface area contributed by atoms with E-state index < -0.39 is 14.1 Å². The zero-order valence-electron chi connectivity index (χ0n) is 6.50. The minimum absolute atomic E-state index is 0. The largest absolute Gasteiger partial charge is 1.00 e. The smallest absolute Gasteiger partial charge is 0.841 e. The van der Waals surface area contributed by atoms with Gasteiger partial charge in [-0.15, -0.1) is 0 Å². The zero-order valence-corrected chi connectivity index (χ0v) is 11.4. The molecule has 0 aromatic heterocycles. The summed E-state index contributed by atoms with van der Waals surface area (Å²) in [5.41, 5.74) is 3.33. The molecule has 0 rings (SSSR count). The van der Waals surface area contributed by atoms with Crippen molar-refractivity contribution in [2.75, 3.05) is 6.16 Å². The van der Waals surface area contributed by atoms with E-state index in [1.165, 1.54) is 6.92 Å². The van der Waals surface area contributed by atoms with Gasteiger partial charge in [-0.05, 0) is 13.1 Å². The van der Waals surface area contributed by atoms with Gasteiger partial charge in [0.25, 0.3) is 0 Å². The molecule has 10 heavy (non-hydrogen) atoms. The quantitative estimate of drug-likeness (QED) is 0.252. The van der Waals surface area contributed by atoms with E-state index in [1.54, 1.807) is 0 Å². The van der Waals surface area contributed by atoms with Crippen LogP contribution < -0.4 is 74.6 Å². The Bertz CT molecular complexity index is 76.6. The van der Waals surface area contributed by atoms with Crippen LogP contribution in [0, 0.1) is 0 Å². The third kappa shape index (κ3) is 16.7. The molecule has 0 heterocycles. The van der Waals surface area contributed by atoms with Crippen molar-refractivity contribution in [1.82, 2.24) is 0 Å². The maximum atomic E-state index is 9.81. The van der Waals surface area contributed by atoms with Crippen molar-refractivity contribution in [3.63, 3.8) is 0 Å². The van der Waals surface area contributed by atoms with Gasteiger partial charge in [-0.25, -0.2) is 0 Å². The van der Waals surface area contributed by atoms with Crippen LogP contribution in [0.25, 0.3) is 0 Å². The molecule has 0 aliphatic carbocycles. The van der Waals surface area contributed by atoms with Crippen molar-refractivity contribution in [2.45, 2.75) is 12.6 Å². The molecule has 0 fully saturated rings. The van der Waals surface area contributed by atoms with Gasteiger partial charge in [0.2, 0.25) is 0 Å². The monoisotopic (exact) mass is 183 g/mol. The molecule has 1 unspecified atom stereocenters. The fourth-order valence-corrected chi connectivity index (χ4v) is 0.784. The molecule has 0 aromatic rings. The van der Waals surface area contributed by atoms with E-state index in [0.29, 0.717) is 0 Å². The average Bonchev–Trinajstić information content (AvgIpc) is 1.21.